The van der Waals surface area contributed by atoms with Crippen molar-refractivity contribution in [2.45, 2.75) is 88.0 Å². The van der Waals surface area contributed by atoms with Crippen molar-refractivity contribution in [3.8, 4) is 0 Å². The van der Waals surface area contributed by atoms with E-state index in [1.807, 2.05) is 20.8 Å². The first kappa shape index (κ1) is 41.3. The molecule has 0 spiro atoms. The largest absolute Gasteiger partial charge is 0.756 e. The van der Waals surface area contributed by atoms with Gasteiger partial charge in [-0.15, -0.1) is 0 Å². The summed E-state index contributed by atoms with van der Waals surface area (Å²) in [7, 11) is -3.36. The third-order valence-electron chi connectivity index (χ3n) is 6.64. The van der Waals surface area contributed by atoms with Crippen molar-refractivity contribution in [3.63, 3.8) is 0 Å². The van der Waals surface area contributed by atoms with Crippen LogP contribution >= 0.6 is 29.4 Å². The summed E-state index contributed by atoms with van der Waals surface area (Å²) in [4.78, 5) is 53.0. The number of carboxylic acids is 1. The molecule has 47 heavy (non-hydrogen) atoms. The Morgan fingerprint density at radius 1 is 1.28 bits per heavy atom. The third kappa shape index (κ3) is 10.5. The van der Waals surface area contributed by atoms with Gasteiger partial charge in [-0.3, -0.25) is 18.5 Å². The van der Waals surface area contributed by atoms with E-state index in [0.29, 0.717) is 5.75 Å². The first-order chi connectivity index (χ1) is 22.1. The van der Waals surface area contributed by atoms with Gasteiger partial charge in [0.15, 0.2) is 6.23 Å². The Morgan fingerprint density at radius 2 is 1.94 bits per heavy atom. The van der Waals surface area contributed by atoms with E-state index in [9.17, 15) is 59.6 Å². The molecular formula is C24H39N4O16PS2-2. The van der Waals surface area contributed by atoms with Gasteiger partial charge < -0.3 is 70.5 Å². The molecular weight excluding hydrogens is 695 g/mol. The fourth-order valence-corrected chi connectivity index (χ4v) is 6.92. The summed E-state index contributed by atoms with van der Waals surface area (Å²) >= 11 is 0. The number of nitrogen functional groups attached to an aromatic ring is 1. The number of rotatable bonds is 15. The summed E-state index contributed by atoms with van der Waals surface area (Å²) in [6, 6.07) is -0.439. The van der Waals surface area contributed by atoms with E-state index in [0.717, 1.165) is 21.6 Å². The van der Waals surface area contributed by atoms with E-state index in [1.54, 1.807) is 0 Å². The second-order valence-electron chi connectivity index (χ2n) is 9.82. The zero-order chi connectivity index (χ0) is 35.7. The van der Waals surface area contributed by atoms with Crippen LogP contribution in [0.25, 0.3) is 0 Å². The van der Waals surface area contributed by atoms with Gasteiger partial charge in [0.2, 0.25) is 11.7 Å². The first-order valence-electron chi connectivity index (χ1n) is 14.2. The Labute approximate surface area is 276 Å². The number of anilines is 1. The van der Waals surface area contributed by atoms with E-state index in [-0.39, 0.29) is 11.6 Å². The second kappa shape index (κ2) is 18.2. The van der Waals surface area contributed by atoms with E-state index >= 15 is 0 Å². The number of phosphoric ester groups is 1. The molecule has 9 N–H and O–H groups in total. The summed E-state index contributed by atoms with van der Waals surface area (Å²) in [5.41, 5.74) is 4.45. The lowest BCUT2D eigenvalue weighted by atomic mass is 9.88. The minimum atomic E-state index is -5.83. The zero-order valence-corrected chi connectivity index (χ0v) is 27.9. The second-order valence-corrected chi connectivity index (χ2v) is 13.9. The van der Waals surface area contributed by atoms with Crippen molar-refractivity contribution in [3.05, 3.63) is 22.7 Å². The highest BCUT2D eigenvalue weighted by Gasteiger charge is 2.54. The van der Waals surface area contributed by atoms with Crippen molar-refractivity contribution < 1.29 is 73.3 Å². The van der Waals surface area contributed by atoms with Crippen LogP contribution in [0.2, 0.25) is 0 Å². The van der Waals surface area contributed by atoms with Gasteiger partial charge in [-0.1, -0.05) is 42.4 Å². The summed E-state index contributed by atoms with van der Waals surface area (Å²) in [6.45, 7) is 3.65. The van der Waals surface area contributed by atoms with Gasteiger partial charge in [-0.25, -0.2) is 4.79 Å². The highest BCUT2D eigenvalue weighted by atomic mass is 33.1. The van der Waals surface area contributed by atoms with Crippen LogP contribution in [-0.4, -0.2) is 131 Å². The normalized spacial score (nSPS) is 31.6. The van der Waals surface area contributed by atoms with Crippen molar-refractivity contribution in [1.82, 2.24) is 14.9 Å². The highest BCUT2D eigenvalue weighted by Crippen LogP contribution is 2.48. The number of amides is 1. The molecule has 2 aliphatic heterocycles. The molecule has 0 aliphatic carbocycles. The van der Waals surface area contributed by atoms with E-state index in [2.05, 4.69) is 19.3 Å². The highest BCUT2D eigenvalue weighted by molar-refractivity contribution is 8.76. The summed E-state index contributed by atoms with van der Waals surface area (Å²) < 4.78 is 33.5. The van der Waals surface area contributed by atoms with Crippen LogP contribution in [0.1, 0.15) is 33.4 Å². The minimum absolute atomic E-state index is 0.146. The number of hydrogen-bond acceptors (Lipinski definition) is 20. The van der Waals surface area contributed by atoms with Gasteiger partial charge >= 0.3 is 5.69 Å². The molecule has 0 radical (unpaired) electrons. The molecule has 20 nitrogen and oxygen atoms in total. The van der Waals surface area contributed by atoms with Gasteiger partial charge in [0.25, 0.3) is 7.82 Å². The summed E-state index contributed by atoms with van der Waals surface area (Å²) in [5, 5.41) is 75.9. The summed E-state index contributed by atoms with van der Waals surface area (Å²) in [5.74, 6) is -6.10. The molecule has 1 aromatic rings. The number of carboxylic acid groups (broad SMARTS) is 1. The van der Waals surface area contributed by atoms with Crippen molar-refractivity contribution >= 4 is 47.1 Å². The molecule has 2 saturated heterocycles. The molecule has 1 amide bonds. The molecule has 3 heterocycles. The lowest BCUT2D eigenvalue weighted by Gasteiger charge is -2.50. The van der Waals surface area contributed by atoms with Gasteiger partial charge in [0, 0.05) is 18.4 Å². The number of aliphatic carboxylic acids is 1. The SMILES string of the molecule is CC.CCSSCC(=O)NC1C(O)CC(OP(=O)([O-])OCC2OC(n3ccc(N)nc3=O)C(O)C2O)(C(=O)[O-])OC1[C@H](O)[C@H](O)CO. The molecule has 2 aliphatic rings. The van der Waals surface area contributed by atoms with Crippen LogP contribution in [0.3, 0.4) is 0 Å². The number of aromatic nitrogens is 2. The predicted octanol–water partition coefficient (Wildman–Crippen LogP) is -4.83. The number of carbonyl (C=O) groups is 2. The average Bonchev–Trinajstić information content (AvgIpc) is 3.30. The smallest absolute Gasteiger partial charge is 0.351 e. The van der Waals surface area contributed by atoms with Crippen LogP contribution in [-0.2, 0) is 32.7 Å². The molecule has 1 aromatic heterocycles. The van der Waals surface area contributed by atoms with Crippen molar-refractivity contribution in [2.24, 2.45) is 0 Å². The third-order valence-corrected chi connectivity index (χ3v) is 9.97. The lowest BCUT2D eigenvalue weighted by molar-refractivity contribution is -0.377. The van der Waals surface area contributed by atoms with E-state index < -0.39 is 106 Å². The first-order valence-corrected chi connectivity index (χ1v) is 18.1. The van der Waals surface area contributed by atoms with Crippen LogP contribution in [0.5, 0.6) is 0 Å². The summed E-state index contributed by atoms with van der Waals surface area (Å²) in [6.07, 6.45) is -15.2. The van der Waals surface area contributed by atoms with Crippen molar-refractivity contribution in [1.29, 1.82) is 0 Å². The maximum Gasteiger partial charge on any atom is 0.351 e. The number of phosphoric acid groups is 1. The molecule has 0 saturated carbocycles. The molecule has 11 atom stereocenters. The van der Waals surface area contributed by atoms with Crippen molar-refractivity contribution in [2.75, 3.05) is 30.5 Å². The molecule has 2 fully saturated rings. The number of hydrogen-bond donors (Lipinski definition) is 8. The topological polar surface area (TPSA) is 329 Å². The number of ether oxygens (including phenoxy) is 2. The maximum absolute atomic E-state index is 12.8. The van der Waals surface area contributed by atoms with E-state index in [4.69, 9.17) is 15.2 Å². The predicted molar refractivity (Wildman–Crippen MR) is 160 cm³/mol. The fraction of sp³-hybridized carbons (Fsp3) is 0.750. The maximum atomic E-state index is 12.8. The molecule has 0 bridgehead atoms. The Balaban J connectivity index is 0.00000376. The average molecular weight is 735 g/mol. The van der Waals surface area contributed by atoms with E-state index in [1.165, 1.54) is 16.9 Å². The number of nitrogens with one attached hydrogen (secondary N) is 1. The number of aliphatic hydroxyl groups excluding tert-OH is 6. The molecule has 270 valence electrons. The lowest BCUT2D eigenvalue weighted by Crippen LogP contribution is -2.69. The monoisotopic (exact) mass is 734 g/mol. The molecule has 23 heteroatoms. The number of carbonyl (C=O) groups excluding carboxylic acids is 2. The standard InChI is InChI=1S/C22H35N4O16PS2.C2H6/c1-2-44-45-8-13(30)25-14-9(28)5-22(20(34)35,41-18(14)15(31)10(29)6-27)42-43(37,38)39-7-11-16(32)17(33)19(40-11)26-4-3-12(23)24-21(26)36;1-2/h3-4,9-11,14-19,27-29,31-33H,2,5-8H2,1H3,(H,25,30)(H,34,35)(H,37,38)(H2,23,24,36);1-2H3/p-2/t9?,10-,11?,14?,15-,16?,17?,18?,19?,22?;/m1./s1. The molecule has 3 rings (SSSR count). The Kier molecular flexibility index (Phi) is 16.0. The van der Waals surface area contributed by atoms with Crippen LogP contribution in [0, 0.1) is 0 Å². The minimum Gasteiger partial charge on any atom is -0.756 e. The Morgan fingerprint density at radius 3 is 2.51 bits per heavy atom. The van der Waals surface area contributed by atoms with Gasteiger partial charge in [0.05, 0.1) is 31.1 Å². The molecule has 0 aromatic carbocycles. The van der Waals surface area contributed by atoms with Crippen LogP contribution < -0.4 is 26.7 Å². The number of aliphatic hydroxyl groups is 6. The van der Waals surface area contributed by atoms with Gasteiger partial charge in [-0.05, 0) is 6.07 Å². The zero-order valence-electron chi connectivity index (χ0n) is 25.4. The number of nitrogens with two attached hydrogens (primary N) is 1. The Hall–Kier alpha value is -1.89. The quantitative estimate of drug-likeness (QED) is 0.0476. The fourth-order valence-electron chi connectivity index (χ4n) is 4.47. The number of nitrogens with zero attached hydrogens (tertiary/aromatic N) is 2. The van der Waals surface area contributed by atoms with Crippen LogP contribution in [0.4, 0.5) is 5.82 Å². The van der Waals surface area contributed by atoms with Crippen LogP contribution in [0.15, 0.2) is 17.1 Å². The van der Waals surface area contributed by atoms with Gasteiger partial charge in [0.1, 0.15) is 48.4 Å². The van der Waals surface area contributed by atoms with Gasteiger partial charge in [-0.2, -0.15) is 4.98 Å². The Bertz CT molecular complexity index is 1300. The molecule has 9 unspecified atom stereocenters.